The van der Waals surface area contributed by atoms with E-state index >= 15 is 0 Å². The minimum absolute atomic E-state index is 0.134. The van der Waals surface area contributed by atoms with Gasteiger partial charge < -0.3 is 20.4 Å². The standard InChI is InChI=1S/C26H35N5O3/c1-18-15-22-23(16-19(18)2)31(20(3)24(28-22)25(33)29-26(27)34)13-12-30(11-7-8-14-32)17-21-9-5-4-6-10-21/h4-6,9-10,15-16,26,32,34H,3,7-8,11-14,17,27H2,1-2H3,(H,29,33). The third-order valence-electron chi connectivity index (χ3n) is 5.98. The molecule has 1 heterocycles. The number of amides is 1. The Morgan fingerprint density at radius 1 is 1.18 bits per heavy atom. The van der Waals surface area contributed by atoms with E-state index in [1.54, 1.807) is 0 Å². The molecule has 0 aromatic heterocycles. The Kier molecular flexibility index (Phi) is 8.95. The average molecular weight is 466 g/mol. The number of rotatable bonds is 11. The summed E-state index contributed by atoms with van der Waals surface area (Å²) in [5.41, 5.74) is 10.9. The number of carbonyl (C=O) groups is 1. The topological polar surface area (TPSA) is 114 Å². The number of aliphatic imine (C=N–C) groups is 1. The molecule has 5 N–H and O–H groups in total. The van der Waals surface area contributed by atoms with Gasteiger partial charge in [-0.1, -0.05) is 36.9 Å². The Hall–Kier alpha value is -3.04. The molecular weight excluding hydrogens is 430 g/mol. The van der Waals surface area contributed by atoms with E-state index in [9.17, 15) is 15.0 Å². The van der Waals surface area contributed by atoms with E-state index in [0.29, 0.717) is 17.9 Å². The summed E-state index contributed by atoms with van der Waals surface area (Å²) in [5.74, 6) is -0.571. The van der Waals surface area contributed by atoms with Crippen molar-refractivity contribution in [2.75, 3.05) is 31.1 Å². The van der Waals surface area contributed by atoms with Gasteiger partial charge in [-0.25, -0.2) is 4.99 Å². The Bertz CT molecular complexity index is 1040. The van der Waals surface area contributed by atoms with E-state index in [0.717, 1.165) is 49.3 Å². The number of nitrogens with one attached hydrogen (secondary N) is 1. The Morgan fingerprint density at radius 2 is 1.88 bits per heavy atom. The van der Waals surface area contributed by atoms with Crippen molar-refractivity contribution in [3.8, 4) is 0 Å². The van der Waals surface area contributed by atoms with Crippen LogP contribution in [0.3, 0.4) is 0 Å². The Morgan fingerprint density at radius 3 is 2.56 bits per heavy atom. The zero-order valence-corrected chi connectivity index (χ0v) is 20.0. The Labute approximate surface area is 201 Å². The van der Waals surface area contributed by atoms with Crippen molar-refractivity contribution in [1.82, 2.24) is 10.2 Å². The zero-order chi connectivity index (χ0) is 24.7. The monoisotopic (exact) mass is 465 g/mol. The molecule has 0 bridgehead atoms. The number of unbranched alkanes of at least 4 members (excludes halogenated alkanes) is 1. The first-order valence-corrected chi connectivity index (χ1v) is 11.6. The van der Waals surface area contributed by atoms with Crippen molar-refractivity contribution >= 4 is 23.0 Å². The smallest absolute Gasteiger partial charge is 0.275 e. The maximum absolute atomic E-state index is 12.7. The van der Waals surface area contributed by atoms with Crippen LogP contribution in [-0.4, -0.2) is 59.3 Å². The quantitative estimate of drug-likeness (QED) is 0.299. The van der Waals surface area contributed by atoms with Crippen LogP contribution < -0.4 is 16.0 Å². The van der Waals surface area contributed by atoms with Gasteiger partial charge in [0.2, 0.25) is 0 Å². The molecule has 2 aromatic rings. The van der Waals surface area contributed by atoms with Crippen LogP contribution in [0.4, 0.5) is 11.4 Å². The number of aryl methyl sites for hydroxylation is 2. The summed E-state index contributed by atoms with van der Waals surface area (Å²) < 4.78 is 0. The molecule has 1 amide bonds. The van der Waals surface area contributed by atoms with Crippen LogP contribution in [-0.2, 0) is 11.3 Å². The fourth-order valence-corrected chi connectivity index (χ4v) is 3.99. The van der Waals surface area contributed by atoms with Crippen LogP contribution in [0.1, 0.15) is 29.5 Å². The fraction of sp³-hybridized carbons (Fsp3) is 0.385. The SMILES string of the molecule is C=C1C(C(=O)NC(N)O)=Nc2cc(C)c(C)cc2N1CCN(CCCCO)Cc1ccccc1. The number of hydrogen-bond donors (Lipinski definition) is 4. The number of fused-ring (bicyclic) bond motifs is 1. The number of aliphatic hydroxyl groups excluding tert-OH is 2. The summed E-state index contributed by atoms with van der Waals surface area (Å²) in [6.07, 6.45) is 0.162. The molecule has 1 atom stereocenters. The van der Waals surface area contributed by atoms with Crippen molar-refractivity contribution < 1.29 is 15.0 Å². The molecule has 8 heteroatoms. The maximum atomic E-state index is 12.7. The highest BCUT2D eigenvalue weighted by atomic mass is 16.3. The summed E-state index contributed by atoms with van der Waals surface area (Å²) in [7, 11) is 0. The van der Waals surface area contributed by atoms with Gasteiger partial charge in [0.15, 0.2) is 12.1 Å². The molecular formula is C26H35N5O3. The lowest BCUT2D eigenvalue weighted by atomic mass is 10.0. The lowest BCUT2D eigenvalue weighted by Crippen LogP contribution is -2.47. The summed E-state index contributed by atoms with van der Waals surface area (Å²) in [6.45, 7) is 11.3. The molecule has 1 aliphatic heterocycles. The first-order chi connectivity index (χ1) is 16.3. The summed E-state index contributed by atoms with van der Waals surface area (Å²) in [6, 6.07) is 14.3. The van der Waals surface area contributed by atoms with Crippen molar-refractivity contribution in [2.45, 2.75) is 39.6 Å². The number of benzene rings is 2. The summed E-state index contributed by atoms with van der Waals surface area (Å²) in [4.78, 5) is 21.6. The van der Waals surface area contributed by atoms with Crippen LogP contribution in [0.25, 0.3) is 0 Å². The second-order valence-electron chi connectivity index (χ2n) is 8.59. The maximum Gasteiger partial charge on any atom is 0.275 e. The van der Waals surface area contributed by atoms with E-state index in [1.165, 1.54) is 5.56 Å². The first kappa shape index (κ1) is 25.6. The van der Waals surface area contributed by atoms with E-state index in [2.05, 4.69) is 40.0 Å². The van der Waals surface area contributed by atoms with Gasteiger partial charge >= 0.3 is 0 Å². The second-order valence-corrected chi connectivity index (χ2v) is 8.59. The minimum atomic E-state index is -1.48. The molecule has 2 aromatic carbocycles. The molecule has 0 radical (unpaired) electrons. The van der Waals surface area contributed by atoms with Gasteiger partial charge in [0, 0.05) is 26.2 Å². The van der Waals surface area contributed by atoms with Crippen molar-refractivity contribution in [3.05, 3.63) is 71.4 Å². The molecule has 0 fully saturated rings. The van der Waals surface area contributed by atoms with Gasteiger partial charge in [0.05, 0.1) is 17.1 Å². The molecule has 3 rings (SSSR count). The van der Waals surface area contributed by atoms with E-state index in [1.807, 2.05) is 43.0 Å². The van der Waals surface area contributed by atoms with Crippen molar-refractivity contribution in [2.24, 2.45) is 10.7 Å². The molecule has 0 saturated carbocycles. The normalized spacial score (nSPS) is 14.1. The lowest BCUT2D eigenvalue weighted by molar-refractivity contribution is -0.117. The van der Waals surface area contributed by atoms with Crippen LogP contribution in [0, 0.1) is 13.8 Å². The van der Waals surface area contributed by atoms with Gasteiger partial charge in [-0.2, -0.15) is 0 Å². The molecule has 182 valence electrons. The number of nitrogens with zero attached hydrogens (tertiary/aromatic N) is 3. The van der Waals surface area contributed by atoms with Gasteiger partial charge in [0.1, 0.15) is 0 Å². The third-order valence-corrected chi connectivity index (χ3v) is 5.98. The highest BCUT2D eigenvalue weighted by Gasteiger charge is 2.29. The average Bonchev–Trinajstić information content (AvgIpc) is 2.79. The number of hydrogen-bond acceptors (Lipinski definition) is 7. The largest absolute Gasteiger partial charge is 0.396 e. The Balaban J connectivity index is 1.85. The van der Waals surface area contributed by atoms with Gasteiger partial charge in [-0.15, -0.1) is 0 Å². The molecule has 1 unspecified atom stereocenters. The molecule has 0 saturated heterocycles. The summed E-state index contributed by atoms with van der Waals surface area (Å²) >= 11 is 0. The first-order valence-electron chi connectivity index (χ1n) is 11.6. The molecule has 0 aliphatic carbocycles. The van der Waals surface area contributed by atoms with Gasteiger partial charge in [0.25, 0.3) is 5.91 Å². The lowest BCUT2D eigenvalue weighted by Gasteiger charge is -2.34. The highest BCUT2D eigenvalue weighted by molar-refractivity contribution is 6.47. The predicted octanol–water partition coefficient (Wildman–Crippen LogP) is 2.34. The molecule has 34 heavy (non-hydrogen) atoms. The number of aliphatic hydroxyl groups is 2. The van der Waals surface area contributed by atoms with Gasteiger partial charge in [-0.3, -0.25) is 15.4 Å². The van der Waals surface area contributed by atoms with Crippen LogP contribution in [0.5, 0.6) is 0 Å². The van der Waals surface area contributed by atoms with E-state index < -0.39 is 12.3 Å². The fourth-order valence-electron chi connectivity index (χ4n) is 3.99. The number of nitrogens with two attached hydrogens (primary N) is 1. The molecule has 0 spiro atoms. The highest BCUT2D eigenvalue weighted by Crippen LogP contribution is 2.38. The van der Waals surface area contributed by atoms with Crippen molar-refractivity contribution in [3.63, 3.8) is 0 Å². The second kappa shape index (κ2) is 11.9. The van der Waals surface area contributed by atoms with E-state index in [4.69, 9.17) is 5.73 Å². The summed E-state index contributed by atoms with van der Waals surface area (Å²) in [5, 5.41) is 20.9. The van der Waals surface area contributed by atoms with Crippen LogP contribution in [0.2, 0.25) is 0 Å². The van der Waals surface area contributed by atoms with Crippen LogP contribution in [0.15, 0.2) is 59.7 Å². The van der Waals surface area contributed by atoms with E-state index in [-0.39, 0.29) is 12.3 Å². The minimum Gasteiger partial charge on any atom is -0.396 e. The molecule has 8 nitrogen and oxygen atoms in total. The van der Waals surface area contributed by atoms with Crippen LogP contribution >= 0.6 is 0 Å². The molecule has 1 aliphatic rings. The van der Waals surface area contributed by atoms with Gasteiger partial charge in [-0.05, 0) is 62.1 Å². The third kappa shape index (κ3) is 6.51. The zero-order valence-electron chi connectivity index (χ0n) is 20.0. The predicted molar refractivity (Wildman–Crippen MR) is 136 cm³/mol. The number of carbonyl (C=O) groups excluding carboxylic acids is 1. The van der Waals surface area contributed by atoms with Crippen molar-refractivity contribution in [1.29, 1.82) is 0 Å². The number of anilines is 1.